The van der Waals surface area contributed by atoms with Crippen molar-refractivity contribution >= 4 is 0 Å². The highest BCUT2D eigenvalue weighted by Crippen LogP contribution is 1.81. The number of hydrogen-bond donors (Lipinski definition) is 0. The summed E-state index contributed by atoms with van der Waals surface area (Å²) in [6.45, 7) is 15.6. The molecule has 0 aliphatic heterocycles. The average molecular weight is 144 g/mol. The molecular formula is C9H22N. The Balaban J connectivity index is 0. The summed E-state index contributed by atoms with van der Waals surface area (Å²) in [5.41, 5.74) is 0. The zero-order chi connectivity index (χ0) is 8.41. The summed E-state index contributed by atoms with van der Waals surface area (Å²) < 4.78 is 0. The third-order valence-corrected chi connectivity index (χ3v) is 1.34. The van der Waals surface area contributed by atoms with Crippen molar-refractivity contribution in [2.75, 3.05) is 19.6 Å². The maximum atomic E-state index is 3.49. The van der Waals surface area contributed by atoms with Crippen molar-refractivity contribution < 1.29 is 0 Å². The Hall–Kier alpha value is -0.0400. The first kappa shape index (κ1) is 12.6. The van der Waals surface area contributed by atoms with Crippen LogP contribution in [0, 0.1) is 6.92 Å². The molecule has 0 saturated heterocycles. The van der Waals surface area contributed by atoms with Crippen LogP contribution in [-0.2, 0) is 0 Å². The van der Waals surface area contributed by atoms with E-state index in [0.717, 1.165) is 6.42 Å². The highest BCUT2D eigenvalue weighted by atomic mass is 15.1. The predicted molar refractivity (Wildman–Crippen MR) is 49.1 cm³/mol. The van der Waals surface area contributed by atoms with Crippen molar-refractivity contribution in [2.45, 2.75) is 34.1 Å². The van der Waals surface area contributed by atoms with Crippen molar-refractivity contribution in [3.8, 4) is 0 Å². The van der Waals surface area contributed by atoms with E-state index >= 15 is 0 Å². The summed E-state index contributed by atoms with van der Waals surface area (Å²) in [5.74, 6) is 0. The summed E-state index contributed by atoms with van der Waals surface area (Å²) >= 11 is 0. The van der Waals surface area contributed by atoms with Crippen LogP contribution in [0.25, 0.3) is 0 Å². The van der Waals surface area contributed by atoms with Gasteiger partial charge < -0.3 is 4.90 Å². The van der Waals surface area contributed by atoms with Crippen molar-refractivity contribution in [2.24, 2.45) is 0 Å². The lowest BCUT2D eigenvalue weighted by molar-refractivity contribution is 0.321. The summed E-state index contributed by atoms with van der Waals surface area (Å²) in [6, 6.07) is 0. The van der Waals surface area contributed by atoms with Crippen LogP contribution in [0.15, 0.2) is 0 Å². The number of hydrogen-bond acceptors (Lipinski definition) is 1. The third-order valence-electron chi connectivity index (χ3n) is 1.34. The quantitative estimate of drug-likeness (QED) is 0.588. The van der Waals surface area contributed by atoms with Gasteiger partial charge in [0, 0.05) is 0 Å². The van der Waals surface area contributed by atoms with E-state index in [-0.39, 0.29) is 0 Å². The molecule has 0 N–H and O–H groups in total. The molecule has 0 aromatic carbocycles. The van der Waals surface area contributed by atoms with E-state index in [0.29, 0.717) is 0 Å². The Morgan fingerprint density at radius 2 is 1.10 bits per heavy atom. The molecule has 63 valence electrons. The van der Waals surface area contributed by atoms with Gasteiger partial charge in [0.05, 0.1) is 0 Å². The molecule has 0 aromatic heterocycles. The predicted octanol–water partition coefficient (Wildman–Crippen LogP) is 2.58. The highest BCUT2D eigenvalue weighted by Gasteiger charge is 1.89. The first-order chi connectivity index (χ1) is 4.76. The van der Waals surface area contributed by atoms with E-state index in [2.05, 4.69) is 32.6 Å². The molecule has 1 radical (unpaired) electrons. The van der Waals surface area contributed by atoms with Gasteiger partial charge in [-0.3, -0.25) is 0 Å². The molecule has 0 unspecified atom stereocenters. The van der Waals surface area contributed by atoms with Crippen molar-refractivity contribution in [1.82, 2.24) is 4.90 Å². The Labute approximate surface area is 66.4 Å². The largest absolute Gasteiger partial charge is 0.304 e. The van der Waals surface area contributed by atoms with Crippen molar-refractivity contribution in [1.29, 1.82) is 0 Å². The Morgan fingerprint density at radius 1 is 0.900 bits per heavy atom. The molecule has 0 aliphatic carbocycles. The van der Waals surface area contributed by atoms with Gasteiger partial charge in [0.1, 0.15) is 0 Å². The van der Waals surface area contributed by atoms with Crippen LogP contribution in [0.5, 0.6) is 0 Å². The Kier molecular flexibility index (Phi) is 14.8. The Morgan fingerprint density at radius 3 is 1.10 bits per heavy atom. The lowest BCUT2D eigenvalue weighted by atomic mass is 10.5. The zero-order valence-corrected chi connectivity index (χ0v) is 7.98. The standard InChI is InChI=1S/C6H15N.C3H7/c1-4-7(5-2)6-3;1-3-2/h4-6H2,1-3H3;1,3H2,2H3. The second-order valence-corrected chi connectivity index (χ2v) is 2.12. The molecule has 1 nitrogen and oxygen atoms in total. The zero-order valence-electron chi connectivity index (χ0n) is 7.98. The highest BCUT2D eigenvalue weighted by molar-refractivity contribution is 4.43. The molecular weight excluding hydrogens is 122 g/mol. The minimum Gasteiger partial charge on any atom is -0.304 e. The van der Waals surface area contributed by atoms with Crippen LogP contribution >= 0.6 is 0 Å². The van der Waals surface area contributed by atoms with Crippen LogP contribution in [-0.4, -0.2) is 24.5 Å². The van der Waals surface area contributed by atoms with Gasteiger partial charge in [0.2, 0.25) is 0 Å². The monoisotopic (exact) mass is 144 g/mol. The molecule has 0 spiro atoms. The van der Waals surface area contributed by atoms with Crippen LogP contribution in [0.3, 0.4) is 0 Å². The molecule has 0 rings (SSSR count). The van der Waals surface area contributed by atoms with Crippen LogP contribution in [0.1, 0.15) is 34.1 Å². The van der Waals surface area contributed by atoms with Crippen LogP contribution < -0.4 is 0 Å². The van der Waals surface area contributed by atoms with E-state index < -0.39 is 0 Å². The second kappa shape index (κ2) is 11.7. The van der Waals surface area contributed by atoms with E-state index in [1.807, 2.05) is 6.92 Å². The lowest BCUT2D eigenvalue weighted by Gasteiger charge is -2.13. The number of nitrogens with zero attached hydrogens (tertiary/aromatic N) is 1. The normalized spacial score (nSPS) is 9.00. The fourth-order valence-corrected chi connectivity index (χ4v) is 0.671. The van der Waals surface area contributed by atoms with Crippen molar-refractivity contribution in [3.63, 3.8) is 0 Å². The SMILES string of the molecule is CCN(CC)CC.[CH2]CC. The number of rotatable bonds is 3. The van der Waals surface area contributed by atoms with E-state index in [9.17, 15) is 0 Å². The molecule has 0 atom stereocenters. The molecule has 0 fully saturated rings. The topological polar surface area (TPSA) is 3.24 Å². The van der Waals surface area contributed by atoms with Crippen LogP contribution in [0.2, 0.25) is 0 Å². The third kappa shape index (κ3) is 10.9. The van der Waals surface area contributed by atoms with E-state index in [4.69, 9.17) is 0 Å². The van der Waals surface area contributed by atoms with Gasteiger partial charge in [-0.2, -0.15) is 0 Å². The van der Waals surface area contributed by atoms with E-state index in [1.54, 1.807) is 0 Å². The minimum atomic E-state index is 1.00. The van der Waals surface area contributed by atoms with Gasteiger partial charge in [0.25, 0.3) is 0 Å². The Bertz CT molecular complexity index is 34.5. The van der Waals surface area contributed by atoms with Gasteiger partial charge in [-0.05, 0) is 19.6 Å². The molecule has 0 amide bonds. The van der Waals surface area contributed by atoms with Crippen LogP contribution in [0.4, 0.5) is 0 Å². The van der Waals surface area contributed by atoms with Crippen molar-refractivity contribution in [3.05, 3.63) is 6.92 Å². The first-order valence-corrected chi connectivity index (χ1v) is 4.28. The molecule has 0 aromatic rings. The van der Waals surface area contributed by atoms with Gasteiger partial charge in [-0.15, -0.1) is 0 Å². The molecule has 0 bridgehead atoms. The summed E-state index contributed by atoms with van der Waals surface area (Å²) in [5, 5.41) is 0. The lowest BCUT2D eigenvalue weighted by Crippen LogP contribution is -2.21. The van der Waals surface area contributed by atoms with Gasteiger partial charge in [-0.1, -0.05) is 41.0 Å². The van der Waals surface area contributed by atoms with Gasteiger partial charge >= 0.3 is 0 Å². The summed E-state index contributed by atoms with van der Waals surface area (Å²) in [4.78, 5) is 2.38. The summed E-state index contributed by atoms with van der Waals surface area (Å²) in [7, 11) is 0. The van der Waals surface area contributed by atoms with Gasteiger partial charge in [-0.25, -0.2) is 0 Å². The molecule has 1 heteroatoms. The minimum absolute atomic E-state index is 1.00. The summed E-state index contributed by atoms with van der Waals surface area (Å²) in [6.07, 6.45) is 1.00. The molecule has 0 heterocycles. The maximum absolute atomic E-state index is 3.49. The second-order valence-electron chi connectivity index (χ2n) is 2.12. The molecule has 0 saturated carbocycles. The average Bonchev–Trinajstić information content (AvgIpc) is 1.93. The maximum Gasteiger partial charge on any atom is -0.00474 e. The molecule has 0 aliphatic rings. The van der Waals surface area contributed by atoms with E-state index in [1.165, 1.54) is 19.6 Å². The smallest absolute Gasteiger partial charge is 0.00474 e. The first-order valence-electron chi connectivity index (χ1n) is 4.28. The van der Waals surface area contributed by atoms with Gasteiger partial charge in [0.15, 0.2) is 0 Å². The molecule has 10 heavy (non-hydrogen) atoms. The fraction of sp³-hybridized carbons (Fsp3) is 0.889. The fourth-order valence-electron chi connectivity index (χ4n) is 0.671.